The molecule has 404 valence electrons. The maximum atomic E-state index is 9.92. The van der Waals surface area contributed by atoms with Gasteiger partial charge in [0.15, 0.2) is 0 Å². The van der Waals surface area contributed by atoms with Crippen molar-refractivity contribution in [3.05, 3.63) is 257 Å². The van der Waals surface area contributed by atoms with Crippen LogP contribution >= 0.6 is 0 Å². The third-order valence-corrected chi connectivity index (χ3v) is 17.5. The Bertz CT molecular complexity index is 5000. The summed E-state index contributed by atoms with van der Waals surface area (Å²) >= 11 is 2.25. The van der Waals surface area contributed by atoms with Crippen molar-refractivity contribution in [2.45, 2.75) is 59.2 Å². The van der Waals surface area contributed by atoms with Gasteiger partial charge in [0.2, 0.25) is 0 Å². The van der Waals surface area contributed by atoms with Crippen LogP contribution in [0.2, 0.25) is 0 Å². The molecule has 0 unspecified atom stereocenters. The van der Waals surface area contributed by atoms with Gasteiger partial charge < -0.3 is 0 Å². The first-order valence-corrected chi connectivity index (χ1v) is 29.1. The van der Waals surface area contributed by atoms with Gasteiger partial charge in [-0.1, -0.05) is 30.3 Å². The first-order valence-electron chi connectivity index (χ1n) is 31.5. The summed E-state index contributed by atoms with van der Waals surface area (Å²) in [5.74, 6) is 0.633. The molecule has 0 amide bonds. The van der Waals surface area contributed by atoms with E-state index in [9.17, 15) is 9.60 Å². The first-order chi connectivity index (χ1) is 43.2. The van der Waals surface area contributed by atoms with Crippen molar-refractivity contribution in [2.24, 2.45) is 0 Å². The van der Waals surface area contributed by atoms with Gasteiger partial charge in [0.1, 0.15) is 0 Å². The van der Waals surface area contributed by atoms with Crippen molar-refractivity contribution in [1.29, 1.82) is 0 Å². The number of imidazole rings is 1. The van der Waals surface area contributed by atoms with Crippen molar-refractivity contribution in [3.63, 3.8) is 0 Å². The topological polar surface area (TPSA) is 38.5 Å². The zero-order chi connectivity index (χ0) is 62.4. The quantitative estimate of drug-likeness (QED) is 0.112. The number of benzene rings is 10. The van der Waals surface area contributed by atoms with E-state index in [4.69, 9.17) is 9.72 Å². The molecule has 15 rings (SSSR count). The van der Waals surface area contributed by atoms with Crippen LogP contribution in [0.4, 0.5) is 22.9 Å². The molecule has 0 spiro atoms. The van der Waals surface area contributed by atoms with Gasteiger partial charge in [-0.2, -0.15) is 12.1 Å². The van der Waals surface area contributed by atoms with E-state index in [1.165, 1.54) is 0 Å². The molecule has 3 aliphatic rings. The molecule has 5 heterocycles. The predicted octanol–water partition coefficient (Wildman–Crippen LogP) is 18.5. The van der Waals surface area contributed by atoms with Crippen LogP contribution in [0.1, 0.15) is 67.8 Å². The standard InChI is InChI=1S/C75H58BN5O.Pt/c1-48-68(52-25-12-9-13-26-52)73(77-72-69(48)62-33-22-32-61-60-29-14-15-34-63(60)80-66-37-18-19-38-67(66)81(72)76(80)70(61)62)82-57-28-20-27-56(46-57)78-47-79(65-36-17-16-35-64(65)78)71-58(51-41-39-50(40-42-51)49-23-10-8-11-24-49)30-21-31-59(71)53-43-54(74(2,3)4)45-55(44-53)75(5,6)7;/h8-37,39-45H,1-7H3;/q-2;/i1D3,16D,17D,35D,36D;. The molecule has 0 radical (unpaired) electrons. The summed E-state index contributed by atoms with van der Waals surface area (Å²) in [5.41, 5.74) is 17.1. The summed E-state index contributed by atoms with van der Waals surface area (Å²) in [4.78, 5) is 9.93. The molecular weight excluding hydrogens is 1190 g/mol. The summed E-state index contributed by atoms with van der Waals surface area (Å²) in [5, 5.41) is 0. The molecule has 8 heteroatoms. The third kappa shape index (κ3) is 8.18. The number of rotatable bonds is 8. The Morgan fingerprint density at radius 3 is 1.84 bits per heavy atom. The number of nitrogens with zero attached hydrogens (tertiary/aromatic N) is 5. The van der Waals surface area contributed by atoms with Crippen molar-refractivity contribution in [3.8, 4) is 89.8 Å². The monoisotopic (exact) mass is 1260 g/mol. The Hall–Kier alpha value is -9.03. The Morgan fingerprint density at radius 1 is 0.542 bits per heavy atom. The summed E-state index contributed by atoms with van der Waals surface area (Å²) < 4.78 is 78.5. The molecule has 6 nitrogen and oxygen atoms in total. The second-order valence-corrected chi connectivity index (χ2v) is 24.6. The average Bonchev–Trinajstić information content (AvgIpc) is 1.42. The number of fused-ring (bicyclic) bond motifs is 10. The third-order valence-electron chi connectivity index (χ3n) is 16.5. The number of aromatic nitrogens is 3. The molecule has 12 aromatic rings. The normalized spacial score (nSPS) is 14.4. The Balaban J connectivity index is 0.971. The molecule has 0 saturated heterocycles. The summed E-state index contributed by atoms with van der Waals surface area (Å²) in [7, 11) is 0. The van der Waals surface area contributed by atoms with Gasteiger partial charge >= 0.3 is 438 Å². The molecule has 3 aliphatic heterocycles. The summed E-state index contributed by atoms with van der Waals surface area (Å²) in [6.07, 6.45) is 0. The van der Waals surface area contributed by atoms with E-state index in [1.807, 2.05) is 106 Å². The van der Waals surface area contributed by atoms with Crippen molar-refractivity contribution < 1.29 is 33.7 Å². The zero-order valence-corrected chi connectivity index (χ0v) is 48.9. The molecular formula is C75H58BN5OPt-2. The summed E-state index contributed by atoms with van der Waals surface area (Å²) in [6, 6.07) is 72.8. The molecule has 0 N–H and O–H groups in total. The Morgan fingerprint density at radius 2 is 1.13 bits per heavy atom. The first kappa shape index (κ1) is 43.7. The molecule has 0 bridgehead atoms. The Labute approximate surface area is 507 Å². The number of ether oxygens (including phenoxy) is 1. The van der Waals surface area contributed by atoms with Crippen molar-refractivity contribution in [1.82, 2.24) is 14.1 Å². The van der Waals surface area contributed by atoms with Gasteiger partial charge in [-0.05, 0) is 11.6 Å². The minimum atomic E-state index is -2.70. The fourth-order valence-corrected chi connectivity index (χ4v) is 13.5. The van der Waals surface area contributed by atoms with E-state index in [0.29, 0.717) is 32.0 Å². The molecule has 2 aromatic heterocycles. The van der Waals surface area contributed by atoms with Crippen LogP contribution in [0, 0.1) is 22.8 Å². The van der Waals surface area contributed by atoms with Crippen LogP contribution < -0.4 is 19.8 Å². The predicted molar refractivity (Wildman–Crippen MR) is 339 cm³/mol. The van der Waals surface area contributed by atoms with Crippen LogP contribution in [0.3, 0.4) is 0 Å². The van der Waals surface area contributed by atoms with Crippen LogP contribution in [0.15, 0.2) is 224 Å². The summed E-state index contributed by atoms with van der Waals surface area (Å²) in [6.45, 7) is 10.2. The SMILES string of the molecule is [2H]c1c([2H])c([2H])c2c(c1[2H])n(-c1[c-]c(Oc3nc4c(c(C([2H])([2H])[2H])c3-c3ccccc3)-c3cccc5c3B3N(c6ccc[c-]c6N34)c3ccccc3-5)ccc1)[c](=[Pt])n2-c1c(-c2ccc(-c3ccccc3)cc2)cccc1-c1cc(C(C)(C)C)cc(C(C)(C)C)c1. The second kappa shape index (κ2) is 19.3. The fraction of sp³-hybridized carbons (Fsp3) is 0.120. The van der Waals surface area contributed by atoms with Gasteiger partial charge in [-0.3, -0.25) is 0 Å². The van der Waals surface area contributed by atoms with Gasteiger partial charge in [-0.25, -0.2) is 0 Å². The van der Waals surface area contributed by atoms with Gasteiger partial charge in [0.05, 0.1) is 0 Å². The van der Waals surface area contributed by atoms with Crippen LogP contribution in [0.25, 0.3) is 89.2 Å². The molecule has 0 saturated carbocycles. The Kier molecular flexibility index (Phi) is 10.2. The number of pyridine rings is 1. The number of para-hydroxylation sites is 5. The fourth-order valence-electron chi connectivity index (χ4n) is 12.5. The number of anilines is 4. The van der Waals surface area contributed by atoms with Gasteiger partial charge in [0, 0.05) is 11.3 Å². The second-order valence-electron chi connectivity index (χ2n) is 23.6. The molecule has 83 heavy (non-hydrogen) atoms. The molecule has 10 aromatic carbocycles. The van der Waals surface area contributed by atoms with E-state index in [2.05, 4.69) is 180 Å². The number of hydrogen-bond donors (Lipinski definition) is 0. The van der Waals surface area contributed by atoms with E-state index < -0.39 is 19.9 Å². The van der Waals surface area contributed by atoms with E-state index in [0.717, 1.165) is 89.4 Å². The minimum absolute atomic E-state index is 0.0411. The van der Waals surface area contributed by atoms with Gasteiger partial charge in [-0.15, -0.1) is 6.07 Å². The van der Waals surface area contributed by atoms with Crippen LogP contribution in [0.5, 0.6) is 11.6 Å². The van der Waals surface area contributed by atoms with E-state index in [1.54, 1.807) is 6.07 Å². The molecule has 0 fully saturated rings. The zero-order valence-electron chi connectivity index (χ0n) is 53.6. The average molecular weight is 1260 g/mol. The molecule has 0 atom stereocenters. The van der Waals surface area contributed by atoms with Gasteiger partial charge in [0.25, 0.3) is 0 Å². The van der Waals surface area contributed by atoms with Crippen molar-refractivity contribution >= 4 is 46.4 Å². The maximum absolute atomic E-state index is 9.92. The van der Waals surface area contributed by atoms with Crippen molar-refractivity contribution in [2.75, 3.05) is 9.62 Å². The van der Waals surface area contributed by atoms with E-state index in [-0.39, 0.29) is 57.2 Å². The van der Waals surface area contributed by atoms with Crippen LogP contribution in [-0.4, -0.2) is 21.1 Å². The molecule has 0 aliphatic carbocycles. The number of hydrogen-bond acceptors (Lipinski definition) is 4. The van der Waals surface area contributed by atoms with E-state index >= 15 is 0 Å². The van der Waals surface area contributed by atoms with Crippen LogP contribution in [-0.2, 0) is 30.2 Å².